The first-order valence-electron chi connectivity index (χ1n) is 4.41. The first-order chi connectivity index (χ1) is 6.91. The molecule has 1 aromatic carbocycles. The van der Waals surface area contributed by atoms with E-state index in [0.717, 1.165) is 6.26 Å². The summed E-state index contributed by atoms with van der Waals surface area (Å²) in [6, 6.07) is 6.46. The number of hydrogen-bond acceptors (Lipinski definition) is 3. The molecular weight excluding hydrogens is 216 g/mol. The summed E-state index contributed by atoms with van der Waals surface area (Å²) in [6.45, 7) is 0. The van der Waals surface area contributed by atoms with Gasteiger partial charge in [0.25, 0.3) is 0 Å². The third-order valence-electron chi connectivity index (χ3n) is 1.98. The predicted octanol–water partition coefficient (Wildman–Crippen LogP) is 1.11. The number of rotatable bonds is 4. The number of carboxylic acid groups (broad SMARTS) is 1. The molecule has 0 aliphatic rings. The normalized spacial score (nSPS) is 11.3. The summed E-state index contributed by atoms with van der Waals surface area (Å²) >= 11 is 0. The van der Waals surface area contributed by atoms with Gasteiger partial charge in [0.15, 0.2) is 9.84 Å². The Morgan fingerprint density at radius 2 is 1.93 bits per heavy atom. The maximum absolute atomic E-state index is 11.4. The summed E-state index contributed by atoms with van der Waals surface area (Å²) in [6.07, 6.45) is 1.29. The zero-order chi connectivity index (χ0) is 11.5. The van der Waals surface area contributed by atoms with E-state index in [4.69, 9.17) is 5.11 Å². The van der Waals surface area contributed by atoms with Crippen molar-refractivity contribution < 1.29 is 18.3 Å². The third kappa shape index (κ3) is 3.36. The summed E-state index contributed by atoms with van der Waals surface area (Å²) in [4.78, 5) is 10.6. The number of carboxylic acids is 1. The van der Waals surface area contributed by atoms with E-state index in [1.54, 1.807) is 18.2 Å². The van der Waals surface area contributed by atoms with E-state index in [2.05, 4.69) is 0 Å². The average Bonchev–Trinajstić information content (AvgIpc) is 2.13. The second-order valence-corrected chi connectivity index (χ2v) is 5.26. The van der Waals surface area contributed by atoms with E-state index in [1.165, 1.54) is 6.07 Å². The van der Waals surface area contributed by atoms with Crippen molar-refractivity contribution in [3.63, 3.8) is 0 Å². The van der Waals surface area contributed by atoms with Gasteiger partial charge in [-0.2, -0.15) is 0 Å². The van der Waals surface area contributed by atoms with Crippen LogP contribution in [0.4, 0.5) is 0 Å². The number of hydrogen-bond donors (Lipinski definition) is 1. The molecular formula is C10H12O4S. The zero-order valence-electron chi connectivity index (χ0n) is 8.30. The molecule has 82 valence electrons. The molecule has 5 heteroatoms. The van der Waals surface area contributed by atoms with Gasteiger partial charge in [0.05, 0.1) is 4.90 Å². The minimum atomic E-state index is -3.27. The molecule has 1 rings (SSSR count). The van der Waals surface area contributed by atoms with Crippen LogP contribution in [0.2, 0.25) is 0 Å². The highest BCUT2D eigenvalue weighted by Crippen LogP contribution is 2.16. The molecule has 0 saturated heterocycles. The molecule has 0 fully saturated rings. The summed E-state index contributed by atoms with van der Waals surface area (Å²) in [7, 11) is -3.27. The van der Waals surface area contributed by atoms with Gasteiger partial charge in [-0.3, -0.25) is 4.79 Å². The first kappa shape index (κ1) is 11.7. The number of carbonyl (C=O) groups is 1. The van der Waals surface area contributed by atoms with Crippen LogP contribution in [0.25, 0.3) is 0 Å². The molecule has 0 amide bonds. The quantitative estimate of drug-likeness (QED) is 0.837. The van der Waals surface area contributed by atoms with E-state index < -0.39 is 15.8 Å². The Kier molecular flexibility index (Phi) is 3.47. The highest BCUT2D eigenvalue weighted by molar-refractivity contribution is 7.90. The minimum absolute atomic E-state index is 0.0630. The van der Waals surface area contributed by atoms with Crippen molar-refractivity contribution >= 4 is 15.8 Å². The maximum Gasteiger partial charge on any atom is 0.303 e. The summed E-state index contributed by atoms with van der Waals surface area (Å²) in [5, 5.41) is 8.52. The van der Waals surface area contributed by atoms with Crippen molar-refractivity contribution in [1.29, 1.82) is 0 Å². The minimum Gasteiger partial charge on any atom is -0.481 e. The number of aliphatic carboxylic acids is 1. The predicted molar refractivity (Wildman–Crippen MR) is 55.5 cm³/mol. The Bertz CT molecular complexity index is 462. The van der Waals surface area contributed by atoms with E-state index in [1.807, 2.05) is 0 Å². The SMILES string of the molecule is CS(=O)(=O)c1ccccc1CCC(=O)O. The van der Waals surface area contributed by atoms with Crippen LogP contribution >= 0.6 is 0 Å². The summed E-state index contributed by atoms with van der Waals surface area (Å²) in [5.41, 5.74) is 0.558. The second kappa shape index (κ2) is 4.44. The standard InChI is InChI=1S/C10H12O4S/c1-15(13,14)9-5-3-2-4-8(9)6-7-10(11)12/h2-5H,6-7H2,1H3,(H,11,12). The highest BCUT2D eigenvalue weighted by Gasteiger charge is 2.12. The van der Waals surface area contributed by atoms with Gasteiger partial charge >= 0.3 is 5.97 Å². The maximum atomic E-state index is 11.4. The highest BCUT2D eigenvalue weighted by atomic mass is 32.2. The Labute approximate surface area is 88.5 Å². The molecule has 0 aliphatic carbocycles. The van der Waals surface area contributed by atoms with Crippen molar-refractivity contribution in [3.8, 4) is 0 Å². The first-order valence-corrected chi connectivity index (χ1v) is 6.30. The molecule has 0 radical (unpaired) electrons. The molecule has 15 heavy (non-hydrogen) atoms. The van der Waals surface area contributed by atoms with Crippen molar-refractivity contribution in [2.45, 2.75) is 17.7 Å². The smallest absolute Gasteiger partial charge is 0.303 e. The molecule has 0 heterocycles. The molecule has 0 aromatic heterocycles. The van der Waals surface area contributed by atoms with E-state index in [-0.39, 0.29) is 17.7 Å². The fourth-order valence-corrected chi connectivity index (χ4v) is 2.29. The monoisotopic (exact) mass is 228 g/mol. The van der Waals surface area contributed by atoms with Crippen LogP contribution in [-0.2, 0) is 21.1 Å². The lowest BCUT2D eigenvalue weighted by Crippen LogP contribution is -2.04. The van der Waals surface area contributed by atoms with Crippen LogP contribution in [0.1, 0.15) is 12.0 Å². The van der Waals surface area contributed by atoms with Crippen molar-refractivity contribution in [2.75, 3.05) is 6.26 Å². The van der Waals surface area contributed by atoms with Crippen LogP contribution < -0.4 is 0 Å². The third-order valence-corrected chi connectivity index (χ3v) is 3.18. The van der Waals surface area contributed by atoms with Gasteiger partial charge < -0.3 is 5.11 Å². The van der Waals surface area contributed by atoms with E-state index >= 15 is 0 Å². The zero-order valence-corrected chi connectivity index (χ0v) is 9.12. The largest absolute Gasteiger partial charge is 0.481 e. The Hall–Kier alpha value is -1.36. The molecule has 0 atom stereocenters. The van der Waals surface area contributed by atoms with Gasteiger partial charge in [0.2, 0.25) is 0 Å². The molecule has 0 bridgehead atoms. The van der Waals surface area contributed by atoms with Gasteiger partial charge in [-0.25, -0.2) is 8.42 Å². The molecule has 1 N–H and O–H groups in total. The number of aryl methyl sites for hydroxylation is 1. The van der Waals surface area contributed by atoms with Crippen molar-refractivity contribution in [1.82, 2.24) is 0 Å². The Morgan fingerprint density at radius 1 is 1.33 bits per heavy atom. The van der Waals surface area contributed by atoms with Gasteiger partial charge in [-0.05, 0) is 18.1 Å². The van der Waals surface area contributed by atoms with Gasteiger partial charge in [-0.15, -0.1) is 0 Å². The second-order valence-electron chi connectivity index (χ2n) is 3.27. The van der Waals surface area contributed by atoms with Crippen LogP contribution in [-0.4, -0.2) is 25.7 Å². The molecule has 4 nitrogen and oxygen atoms in total. The van der Waals surface area contributed by atoms with Gasteiger partial charge in [-0.1, -0.05) is 18.2 Å². The number of sulfone groups is 1. The van der Waals surface area contributed by atoms with Crippen LogP contribution in [0.15, 0.2) is 29.2 Å². The van der Waals surface area contributed by atoms with Gasteiger partial charge in [0, 0.05) is 12.7 Å². The van der Waals surface area contributed by atoms with E-state index in [9.17, 15) is 13.2 Å². The molecule has 0 unspecified atom stereocenters. The fraction of sp³-hybridized carbons (Fsp3) is 0.300. The lowest BCUT2D eigenvalue weighted by Gasteiger charge is -2.05. The molecule has 0 aliphatic heterocycles. The lowest BCUT2D eigenvalue weighted by atomic mass is 10.1. The van der Waals surface area contributed by atoms with Crippen molar-refractivity contribution in [3.05, 3.63) is 29.8 Å². The van der Waals surface area contributed by atoms with Crippen LogP contribution in [0.5, 0.6) is 0 Å². The van der Waals surface area contributed by atoms with Gasteiger partial charge in [0.1, 0.15) is 0 Å². The number of benzene rings is 1. The molecule has 1 aromatic rings. The summed E-state index contributed by atoms with van der Waals surface area (Å²) < 4.78 is 22.7. The molecule has 0 saturated carbocycles. The lowest BCUT2D eigenvalue weighted by molar-refractivity contribution is -0.136. The fourth-order valence-electron chi connectivity index (χ4n) is 1.31. The van der Waals surface area contributed by atoms with E-state index in [0.29, 0.717) is 5.56 Å². The topological polar surface area (TPSA) is 71.4 Å². The van der Waals surface area contributed by atoms with Crippen LogP contribution in [0.3, 0.4) is 0 Å². The van der Waals surface area contributed by atoms with Crippen LogP contribution in [0, 0.1) is 0 Å². The Morgan fingerprint density at radius 3 is 2.47 bits per heavy atom. The Balaban J connectivity index is 3.02. The average molecular weight is 228 g/mol. The summed E-state index contributed by atoms with van der Waals surface area (Å²) in [5.74, 6) is -0.932. The molecule has 0 spiro atoms. The van der Waals surface area contributed by atoms with Crippen molar-refractivity contribution in [2.24, 2.45) is 0 Å².